The molecule has 0 fully saturated rings. The van der Waals surface area contributed by atoms with Crippen molar-refractivity contribution in [1.82, 2.24) is 4.72 Å². The van der Waals surface area contributed by atoms with Gasteiger partial charge >= 0.3 is 0 Å². The van der Waals surface area contributed by atoms with Crippen molar-refractivity contribution in [3.05, 3.63) is 23.8 Å². The highest BCUT2D eigenvalue weighted by molar-refractivity contribution is 7.89. The quantitative estimate of drug-likeness (QED) is 0.848. The minimum absolute atomic E-state index is 0.0441. The molecule has 2 unspecified atom stereocenters. The molecule has 0 aliphatic carbocycles. The fraction of sp³-hybridized carbons (Fsp3) is 0.625. The van der Waals surface area contributed by atoms with E-state index in [1.165, 1.54) is 0 Å². The Balaban J connectivity index is 2.20. The molecule has 0 saturated carbocycles. The summed E-state index contributed by atoms with van der Waals surface area (Å²) in [4.78, 5) is 0.434. The normalized spacial score (nSPS) is 17.7. The SMILES string of the molecule is CCC(C)CC(C)NS(=O)(=O)c1cccc2c1CCCN2. The molecule has 4 nitrogen and oxygen atoms in total. The number of nitrogens with one attached hydrogen (secondary N) is 2. The fourth-order valence-electron chi connectivity index (χ4n) is 2.88. The van der Waals surface area contributed by atoms with E-state index in [4.69, 9.17) is 0 Å². The van der Waals surface area contributed by atoms with Crippen LogP contribution in [0.2, 0.25) is 0 Å². The predicted molar refractivity (Wildman–Crippen MR) is 87.1 cm³/mol. The maximum absolute atomic E-state index is 12.6. The number of rotatable bonds is 6. The molecule has 0 aromatic heterocycles. The van der Waals surface area contributed by atoms with E-state index in [1.54, 1.807) is 6.07 Å². The van der Waals surface area contributed by atoms with Gasteiger partial charge in [0.15, 0.2) is 0 Å². The lowest BCUT2D eigenvalue weighted by atomic mass is 10.0. The monoisotopic (exact) mass is 310 g/mol. The zero-order valence-corrected chi connectivity index (χ0v) is 14.0. The van der Waals surface area contributed by atoms with Gasteiger partial charge in [0.2, 0.25) is 10.0 Å². The Kier molecular flexibility index (Phi) is 5.27. The number of fused-ring (bicyclic) bond motifs is 1. The average Bonchev–Trinajstić information content (AvgIpc) is 2.45. The third kappa shape index (κ3) is 3.98. The van der Waals surface area contributed by atoms with Crippen LogP contribution in [0.4, 0.5) is 5.69 Å². The zero-order chi connectivity index (χ0) is 15.5. The molecule has 2 N–H and O–H groups in total. The highest BCUT2D eigenvalue weighted by atomic mass is 32.2. The van der Waals surface area contributed by atoms with Crippen molar-refractivity contribution in [2.45, 2.75) is 57.4 Å². The number of sulfonamides is 1. The summed E-state index contributed by atoms with van der Waals surface area (Å²) in [6.07, 6.45) is 3.72. The lowest BCUT2D eigenvalue weighted by Gasteiger charge is -2.23. The first-order chi connectivity index (χ1) is 9.94. The lowest BCUT2D eigenvalue weighted by molar-refractivity contribution is 0.445. The van der Waals surface area contributed by atoms with Crippen LogP contribution in [0, 0.1) is 5.92 Å². The second kappa shape index (κ2) is 6.79. The Hall–Kier alpha value is -1.07. The molecule has 1 aliphatic heterocycles. The summed E-state index contributed by atoms with van der Waals surface area (Å²) in [7, 11) is -3.44. The van der Waals surface area contributed by atoms with E-state index < -0.39 is 10.0 Å². The summed E-state index contributed by atoms with van der Waals surface area (Å²) >= 11 is 0. The number of hydrogen-bond donors (Lipinski definition) is 2. The Labute approximate surface area is 128 Å². The first-order valence-corrected chi connectivity index (χ1v) is 9.30. The molecule has 1 aromatic rings. The molecule has 2 rings (SSSR count). The van der Waals surface area contributed by atoms with Gasteiger partial charge in [0.05, 0.1) is 4.90 Å². The van der Waals surface area contributed by atoms with Crippen LogP contribution >= 0.6 is 0 Å². The van der Waals surface area contributed by atoms with E-state index in [0.29, 0.717) is 10.8 Å². The molecule has 0 radical (unpaired) electrons. The minimum atomic E-state index is -3.44. The Bertz CT molecular complexity index is 584. The zero-order valence-electron chi connectivity index (χ0n) is 13.1. The van der Waals surface area contributed by atoms with Crippen LogP contribution in [0.15, 0.2) is 23.1 Å². The van der Waals surface area contributed by atoms with Crippen molar-refractivity contribution in [3.8, 4) is 0 Å². The van der Waals surface area contributed by atoms with Crippen LogP contribution in [-0.4, -0.2) is 21.0 Å². The summed E-state index contributed by atoms with van der Waals surface area (Å²) in [6, 6.07) is 5.43. The Morgan fingerprint density at radius 2 is 2.10 bits per heavy atom. The second-order valence-electron chi connectivity index (χ2n) is 6.08. The predicted octanol–water partition coefficient (Wildman–Crippen LogP) is 3.15. The topological polar surface area (TPSA) is 58.2 Å². The highest BCUT2D eigenvalue weighted by Gasteiger charge is 2.24. The van der Waals surface area contributed by atoms with Crippen LogP contribution in [0.3, 0.4) is 0 Å². The average molecular weight is 310 g/mol. The first-order valence-electron chi connectivity index (χ1n) is 7.82. The van der Waals surface area contributed by atoms with Gasteiger partial charge in [-0.1, -0.05) is 26.3 Å². The van der Waals surface area contributed by atoms with E-state index in [1.807, 2.05) is 19.1 Å². The third-order valence-electron chi connectivity index (χ3n) is 4.15. The van der Waals surface area contributed by atoms with Crippen LogP contribution in [0.1, 0.15) is 45.6 Å². The molecule has 1 aromatic carbocycles. The van der Waals surface area contributed by atoms with E-state index in [0.717, 1.165) is 43.5 Å². The maximum atomic E-state index is 12.6. The summed E-state index contributed by atoms with van der Waals surface area (Å²) in [5, 5.41) is 3.28. The molecule has 0 amide bonds. The number of anilines is 1. The van der Waals surface area contributed by atoms with Crippen LogP contribution in [0.5, 0.6) is 0 Å². The summed E-state index contributed by atoms with van der Waals surface area (Å²) in [5.74, 6) is 0.522. The summed E-state index contributed by atoms with van der Waals surface area (Å²) in [5.41, 5.74) is 1.88. The molecular formula is C16H26N2O2S. The molecule has 118 valence electrons. The van der Waals surface area contributed by atoms with Crippen LogP contribution in [0.25, 0.3) is 0 Å². The summed E-state index contributed by atoms with van der Waals surface area (Å²) in [6.45, 7) is 7.13. The van der Waals surface area contributed by atoms with Gasteiger partial charge in [-0.3, -0.25) is 0 Å². The molecular weight excluding hydrogens is 284 g/mol. The summed E-state index contributed by atoms with van der Waals surface area (Å²) < 4.78 is 28.1. The standard InChI is InChI=1S/C16H26N2O2S/c1-4-12(2)11-13(3)18-21(19,20)16-9-5-8-15-14(16)7-6-10-17-15/h5,8-9,12-13,17-18H,4,6-7,10-11H2,1-3H3. The van der Waals surface area contributed by atoms with Crippen molar-refractivity contribution in [2.75, 3.05) is 11.9 Å². The van der Waals surface area contributed by atoms with Crippen LogP contribution < -0.4 is 10.0 Å². The largest absolute Gasteiger partial charge is 0.385 e. The molecule has 0 bridgehead atoms. The molecule has 1 aliphatic rings. The third-order valence-corrected chi connectivity index (χ3v) is 5.82. The van der Waals surface area contributed by atoms with Crippen molar-refractivity contribution in [3.63, 3.8) is 0 Å². The van der Waals surface area contributed by atoms with Gasteiger partial charge < -0.3 is 5.32 Å². The van der Waals surface area contributed by atoms with Crippen molar-refractivity contribution < 1.29 is 8.42 Å². The van der Waals surface area contributed by atoms with Gasteiger partial charge in [-0.15, -0.1) is 0 Å². The van der Waals surface area contributed by atoms with E-state index in [2.05, 4.69) is 23.9 Å². The van der Waals surface area contributed by atoms with Crippen molar-refractivity contribution in [2.24, 2.45) is 5.92 Å². The Morgan fingerprint density at radius 3 is 2.81 bits per heavy atom. The molecule has 2 atom stereocenters. The fourth-order valence-corrected chi connectivity index (χ4v) is 4.42. The molecule has 21 heavy (non-hydrogen) atoms. The van der Waals surface area contributed by atoms with Gasteiger partial charge in [0.1, 0.15) is 0 Å². The highest BCUT2D eigenvalue weighted by Crippen LogP contribution is 2.28. The van der Waals surface area contributed by atoms with Gasteiger partial charge in [-0.05, 0) is 49.8 Å². The van der Waals surface area contributed by atoms with E-state index in [9.17, 15) is 8.42 Å². The van der Waals surface area contributed by atoms with Crippen molar-refractivity contribution in [1.29, 1.82) is 0 Å². The van der Waals surface area contributed by atoms with E-state index >= 15 is 0 Å². The van der Waals surface area contributed by atoms with Gasteiger partial charge in [-0.25, -0.2) is 13.1 Å². The van der Waals surface area contributed by atoms with Crippen LogP contribution in [-0.2, 0) is 16.4 Å². The van der Waals surface area contributed by atoms with Gasteiger partial charge in [0, 0.05) is 18.3 Å². The second-order valence-corrected chi connectivity index (χ2v) is 7.77. The molecule has 0 saturated heterocycles. The number of benzene rings is 1. The smallest absolute Gasteiger partial charge is 0.241 e. The van der Waals surface area contributed by atoms with Gasteiger partial charge in [-0.2, -0.15) is 0 Å². The minimum Gasteiger partial charge on any atom is -0.385 e. The molecule has 0 spiro atoms. The van der Waals surface area contributed by atoms with Gasteiger partial charge in [0.25, 0.3) is 0 Å². The molecule has 1 heterocycles. The first kappa shape index (κ1) is 16.3. The van der Waals surface area contributed by atoms with Crippen molar-refractivity contribution >= 4 is 15.7 Å². The molecule has 5 heteroatoms. The maximum Gasteiger partial charge on any atom is 0.241 e. The lowest BCUT2D eigenvalue weighted by Crippen LogP contribution is -2.34. The number of hydrogen-bond acceptors (Lipinski definition) is 3. The Morgan fingerprint density at radius 1 is 1.33 bits per heavy atom. The van der Waals surface area contributed by atoms with E-state index in [-0.39, 0.29) is 6.04 Å².